The minimum absolute atomic E-state index is 1.06. The van der Waals surface area contributed by atoms with Crippen molar-refractivity contribution in [1.82, 2.24) is 5.32 Å². The highest BCUT2D eigenvalue weighted by atomic mass is 28.3. The summed E-state index contributed by atoms with van der Waals surface area (Å²) in [6.07, 6.45) is 10.8. The van der Waals surface area contributed by atoms with Gasteiger partial charge in [0.15, 0.2) is 0 Å². The Morgan fingerprint density at radius 2 is 1.95 bits per heavy atom. The van der Waals surface area contributed by atoms with Crippen LogP contribution in [0.2, 0.25) is 0 Å². The molecule has 1 aliphatic rings. The van der Waals surface area contributed by atoms with E-state index in [-0.39, 0.29) is 0 Å². The molecule has 1 aliphatic carbocycles. The van der Waals surface area contributed by atoms with Crippen LogP contribution in [-0.4, -0.2) is 21.5 Å². The summed E-state index contributed by atoms with van der Waals surface area (Å²) >= 11 is 0. The van der Waals surface area contributed by atoms with Crippen LogP contribution < -0.4 is 10.5 Å². The summed E-state index contributed by atoms with van der Waals surface area (Å²) < 4.78 is 0. The topological polar surface area (TPSA) is 12.0 Å². The van der Waals surface area contributed by atoms with Gasteiger partial charge in [0.05, 0.1) is 0 Å². The molecular weight excluding hydrogens is 258 g/mol. The van der Waals surface area contributed by atoms with Gasteiger partial charge < -0.3 is 5.32 Å². The lowest BCUT2D eigenvalue weighted by Crippen LogP contribution is -2.43. The normalized spacial score (nSPS) is 15.9. The molecule has 0 bridgehead atoms. The van der Waals surface area contributed by atoms with Gasteiger partial charge in [-0.2, -0.15) is 0 Å². The van der Waals surface area contributed by atoms with Crippen LogP contribution in [0.5, 0.6) is 0 Å². The van der Waals surface area contributed by atoms with Gasteiger partial charge in [0, 0.05) is 0 Å². The first-order valence-corrected chi connectivity index (χ1v) is 9.98. The van der Waals surface area contributed by atoms with E-state index in [1.54, 1.807) is 16.0 Å². The van der Waals surface area contributed by atoms with Gasteiger partial charge in [-0.05, 0) is 32.0 Å². The van der Waals surface area contributed by atoms with E-state index in [1.165, 1.54) is 31.9 Å². The van der Waals surface area contributed by atoms with Crippen molar-refractivity contribution in [3.63, 3.8) is 0 Å². The van der Waals surface area contributed by atoms with Crippen molar-refractivity contribution in [3.05, 3.63) is 53.3 Å². The highest BCUT2D eigenvalue weighted by Crippen LogP contribution is 2.23. The molecule has 1 N–H and O–H groups in total. The lowest BCUT2D eigenvalue weighted by molar-refractivity contribution is 0.694. The fourth-order valence-electron chi connectivity index (χ4n) is 2.95. The van der Waals surface area contributed by atoms with Crippen LogP contribution in [0, 0.1) is 0 Å². The summed E-state index contributed by atoms with van der Waals surface area (Å²) in [5.74, 6) is 0. The third kappa shape index (κ3) is 3.94. The fraction of sp³-hybridized carbons (Fsp3) is 0.444. The molecule has 20 heavy (non-hydrogen) atoms. The third-order valence-corrected chi connectivity index (χ3v) is 7.46. The number of allylic oxidation sites excluding steroid dienone is 4. The van der Waals surface area contributed by atoms with E-state index in [9.17, 15) is 0 Å². The number of unbranched alkanes of at least 4 members (excludes halogenated alkanes) is 1. The predicted octanol–water partition coefficient (Wildman–Crippen LogP) is 3.26. The van der Waals surface area contributed by atoms with Crippen molar-refractivity contribution in [2.24, 2.45) is 0 Å². The van der Waals surface area contributed by atoms with Gasteiger partial charge in [-0.25, -0.2) is 0 Å². The van der Waals surface area contributed by atoms with Gasteiger partial charge in [0.1, 0.15) is 8.80 Å². The second-order valence-corrected chi connectivity index (χ2v) is 8.41. The molecular formula is C18H27NSi. The van der Waals surface area contributed by atoms with E-state index >= 15 is 0 Å². The van der Waals surface area contributed by atoms with Gasteiger partial charge in [-0.15, -0.1) is 0 Å². The average Bonchev–Trinajstić information content (AvgIpc) is 2.96. The Hall–Kier alpha value is -1.12. The Labute approximate surface area is 125 Å². The van der Waals surface area contributed by atoms with Gasteiger partial charge in [0.25, 0.3) is 0 Å². The Morgan fingerprint density at radius 1 is 1.15 bits per heavy atom. The summed E-state index contributed by atoms with van der Waals surface area (Å²) in [7, 11) is -1.06. The molecule has 1 nitrogen and oxygen atoms in total. The number of rotatable bonds is 8. The standard InChI is InChI=1S/C18H27NSi/c1-3-5-14-19-15-20(17-11-7-6-8-12-17)18-13-9-10-16(18)4-2/h6-12,19-20H,3-5,13-15H2,1-2H3. The van der Waals surface area contributed by atoms with Crippen LogP contribution in [-0.2, 0) is 0 Å². The van der Waals surface area contributed by atoms with E-state index in [4.69, 9.17) is 0 Å². The number of hydrogen-bond donors (Lipinski definition) is 1. The first-order valence-electron chi connectivity index (χ1n) is 8.00. The lowest BCUT2D eigenvalue weighted by atomic mass is 10.2. The maximum atomic E-state index is 3.71. The van der Waals surface area contributed by atoms with Crippen molar-refractivity contribution in [3.8, 4) is 0 Å². The molecule has 108 valence electrons. The molecule has 0 heterocycles. The second-order valence-electron chi connectivity index (χ2n) is 5.53. The maximum Gasteiger partial charge on any atom is 0.112 e. The molecule has 1 unspecified atom stereocenters. The Balaban J connectivity index is 2.13. The molecule has 0 spiro atoms. The van der Waals surface area contributed by atoms with Crippen molar-refractivity contribution in [2.75, 3.05) is 12.7 Å². The molecule has 1 aromatic rings. The average molecular weight is 286 g/mol. The van der Waals surface area contributed by atoms with Gasteiger partial charge in [-0.3, -0.25) is 0 Å². The predicted molar refractivity (Wildman–Crippen MR) is 92.1 cm³/mol. The third-order valence-electron chi connectivity index (χ3n) is 4.13. The fourth-order valence-corrected chi connectivity index (χ4v) is 6.19. The van der Waals surface area contributed by atoms with Crippen LogP contribution >= 0.6 is 0 Å². The highest BCUT2D eigenvalue weighted by molar-refractivity contribution is 6.80. The molecule has 0 aromatic heterocycles. The zero-order chi connectivity index (χ0) is 14.2. The quantitative estimate of drug-likeness (QED) is 0.571. The van der Waals surface area contributed by atoms with Crippen molar-refractivity contribution >= 4 is 14.0 Å². The van der Waals surface area contributed by atoms with Crippen molar-refractivity contribution < 1.29 is 0 Å². The molecule has 0 saturated carbocycles. The largest absolute Gasteiger partial charge is 0.319 e. The molecule has 2 heteroatoms. The van der Waals surface area contributed by atoms with E-state index in [2.05, 4.69) is 61.6 Å². The van der Waals surface area contributed by atoms with Crippen LogP contribution in [0.1, 0.15) is 39.5 Å². The smallest absolute Gasteiger partial charge is 0.112 e. The van der Waals surface area contributed by atoms with E-state index < -0.39 is 8.80 Å². The van der Waals surface area contributed by atoms with Crippen LogP contribution in [0.25, 0.3) is 0 Å². The van der Waals surface area contributed by atoms with E-state index in [0.29, 0.717) is 0 Å². The molecule has 0 fully saturated rings. The maximum absolute atomic E-state index is 3.71. The Morgan fingerprint density at radius 3 is 2.65 bits per heavy atom. The zero-order valence-corrected chi connectivity index (χ0v) is 14.0. The summed E-state index contributed by atoms with van der Waals surface area (Å²) in [5, 5.41) is 7.04. The van der Waals surface area contributed by atoms with Gasteiger partial charge in [0.2, 0.25) is 0 Å². The van der Waals surface area contributed by atoms with Gasteiger partial charge >= 0.3 is 0 Å². The SMILES string of the molecule is CCCCNC[SiH](C1=C(CC)C=CC1)c1ccccc1. The van der Waals surface area contributed by atoms with Crippen LogP contribution in [0.4, 0.5) is 0 Å². The molecule has 1 atom stereocenters. The minimum Gasteiger partial charge on any atom is -0.319 e. The first kappa shape index (κ1) is 15.3. The highest BCUT2D eigenvalue weighted by Gasteiger charge is 2.21. The van der Waals surface area contributed by atoms with E-state index in [1.807, 2.05) is 0 Å². The molecule has 1 aromatic carbocycles. The Bertz CT molecular complexity index is 462. The second kappa shape index (κ2) is 8.23. The summed E-state index contributed by atoms with van der Waals surface area (Å²) in [6.45, 7) is 5.70. The summed E-state index contributed by atoms with van der Waals surface area (Å²) in [5.41, 5.74) is 1.60. The van der Waals surface area contributed by atoms with Crippen molar-refractivity contribution in [1.29, 1.82) is 0 Å². The Kier molecular flexibility index (Phi) is 6.28. The summed E-state index contributed by atoms with van der Waals surface area (Å²) in [6, 6.07) is 11.2. The molecule has 0 aliphatic heterocycles. The van der Waals surface area contributed by atoms with Crippen molar-refractivity contribution in [2.45, 2.75) is 39.5 Å². The summed E-state index contributed by atoms with van der Waals surface area (Å²) in [4.78, 5) is 0. The lowest BCUT2D eigenvalue weighted by Gasteiger charge is -2.20. The molecule has 0 radical (unpaired) electrons. The number of nitrogens with one attached hydrogen (secondary N) is 1. The molecule has 0 amide bonds. The number of benzene rings is 1. The van der Waals surface area contributed by atoms with Crippen LogP contribution in [0.15, 0.2) is 53.3 Å². The monoisotopic (exact) mass is 285 g/mol. The molecule has 2 rings (SSSR count). The minimum atomic E-state index is -1.06. The van der Waals surface area contributed by atoms with Gasteiger partial charge in [-0.1, -0.05) is 78.7 Å². The first-order chi connectivity index (χ1) is 9.86. The van der Waals surface area contributed by atoms with Crippen LogP contribution in [0.3, 0.4) is 0 Å². The van der Waals surface area contributed by atoms with E-state index in [0.717, 1.165) is 6.54 Å². The number of hydrogen-bond acceptors (Lipinski definition) is 1. The molecule has 0 saturated heterocycles. The zero-order valence-electron chi connectivity index (χ0n) is 12.9.